The largest absolute Gasteiger partial charge is 0.497 e. The van der Waals surface area contributed by atoms with Crippen molar-refractivity contribution in [2.45, 2.75) is 5.03 Å². The number of thioether (sulfide) groups is 1. The quantitative estimate of drug-likeness (QED) is 0.254. The number of benzene rings is 3. The number of methoxy groups -OCH3 is 1. The van der Waals surface area contributed by atoms with Crippen LogP contribution >= 0.6 is 11.8 Å². The van der Waals surface area contributed by atoms with E-state index in [2.05, 4.69) is 16.4 Å². The summed E-state index contributed by atoms with van der Waals surface area (Å²) >= 11 is 1.25. The normalized spacial score (nSPS) is 10.7. The second kappa shape index (κ2) is 10.4. The summed E-state index contributed by atoms with van der Waals surface area (Å²) in [4.78, 5) is 20.7. The summed E-state index contributed by atoms with van der Waals surface area (Å²) in [6.07, 6.45) is 1.86. The van der Waals surface area contributed by atoms with Crippen molar-refractivity contribution in [2.24, 2.45) is 0 Å². The van der Waals surface area contributed by atoms with E-state index in [0.717, 1.165) is 39.0 Å². The van der Waals surface area contributed by atoms with Gasteiger partial charge in [-0.25, -0.2) is 4.98 Å². The molecule has 0 unspecified atom stereocenters. The Morgan fingerprint density at radius 1 is 1.03 bits per heavy atom. The molecule has 0 aliphatic heterocycles. The van der Waals surface area contributed by atoms with E-state index in [1.165, 1.54) is 11.8 Å². The third-order valence-corrected chi connectivity index (χ3v) is 6.72. The van der Waals surface area contributed by atoms with Gasteiger partial charge in [-0.2, -0.15) is 5.26 Å². The summed E-state index contributed by atoms with van der Waals surface area (Å²) < 4.78 is 5.28. The summed E-state index contributed by atoms with van der Waals surface area (Å²) in [5.74, 6) is 0.677. The molecule has 0 atom stereocenters. The van der Waals surface area contributed by atoms with Crippen LogP contribution in [0.25, 0.3) is 33.3 Å². The van der Waals surface area contributed by atoms with Crippen molar-refractivity contribution < 1.29 is 9.53 Å². The fourth-order valence-corrected chi connectivity index (χ4v) is 4.75. The third kappa shape index (κ3) is 4.95. The molecule has 0 radical (unpaired) electrons. The van der Waals surface area contributed by atoms with Crippen LogP contribution < -0.4 is 10.1 Å². The molecule has 0 spiro atoms. The number of rotatable bonds is 7. The highest BCUT2D eigenvalue weighted by Gasteiger charge is 2.17. The number of hydrogen-bond donors (Lipinski definition) is 2. The van der Waals surface area contributed by atoms with Gasteiger partial charge in [-0.1, -0.05) is 60.3 Å². The Bertz CT molecular complexity index is 1570. The van der Waals surface area contributed by atoms with Crippen LogP contribution in [0.1, 0.15) is 5.56 Å². The first-order valence-electron chi connectivity index (χ1n) is 11.3. The molecule has 0 saturated carbocycles. The van der Waals surface area contributed by atoms with E-state index in [1.54, 1.807) is 7.11 Å². The van der Waals surface area contributed by atoms with Gasteiger partial charge in [0.25, 0.3) is 0 Å². The molecule has 2 heterocycles. The summed E-state index contributed by atoms with van der Waals surface area (Å²) in [5.41, 5.74) is 5.40. The van der Waals surface area contributed by atoms with Crippen LogP contribution in [-0.4, -0.2) is 28.7 Å². The maximum Gasteiger partial charge on any atom is 0.234 e. The first-order valence-corrected chi connectivity index (χ1v) is 12.3. The number of amides is 1. The third-order valence-electron chi connectivity index (χ3n) is 5.75. The number of H-pyrrole nitrogens is 1. The van der Waals surface area contributed by atoms with Crippen molar-refractivity contribution >= 4 is 34.3 Å². The monoisotopic (exact) mass is 490 g/mol. The summed E-state index contributed by atoms with van der Waals surface area (Å²) in [6, 6.07) is 29.3. The van der Waals surface area contributed by atoms with E-state index in [-0.39, 0.29) is 11.7 Å². The topological polar surface area (TPSA) is 90.8 Å². The van der Waals surface area contributed by atoms with Gasteiger partial charge in [0.1, 0.15) is 16.8 Å². The van der Waals surface area contributed by atoms with Crippen LogP contribution in [0.3, 0.4) is 0 Å². The molecule has 5 rings (SSSR count). The highest BCUT2D eigenvalue weighted by Crippen LogP contribution is 2.35. The molecule has 2 N–H and O–H groups in total. The standard InChI is InChI=1S/C29H22N4O2S/c1-35-23-11-8-19(9-12-23)24-16-27(20-5-3-2-4-6-20)33-29(25(24)17-30)36-18-28(34)32-22-10-7-21-13-14-31-26(21)15-22/h2-16,31H,18H2,1H3,(H,32,34). The van der Waals surface area contributed by atoms with Crippen molar-refractivity contribution in [1.29, 1.82) is 5.26 Å². The molecule has 0 bridgehead atoms. The summed E-state index contributed by atoms with van der Waals surface area (Å²) in [7, 11) is 1.62. The van der Waals surface area contributed by atoms with E-state index < -0.39 is 0 Å². The molecule has 0 fully saturated rings. The number of hydrogen-bond acceptors (Lipinski definition) is 5. The van der Waals surface area contributed by atoms with Gasteiger partial charge >= 0.3 is 0 Å². The number of carbonyl (C=O) groups excluding carboxylic acids is 1. The molecule has 7 heteroatoms. The van der Waals surface area contributed by atoms with Crippen molar-refractivity contribution in [2.75, 3.05) is 18.2 Å². The highest BCUT2D eigenvalue weighted by atomic mass is 32.2. The minimum atomic E-state index is -0.173. The van der Waals surface area contributed by atoms with Gasteiger partial charge in [0, 0.05) is 28.5 Å². The maximum atomic E-state index is 12.8. The molecule has 2 aromatic heterocycles. The Hall–Kier alpha value is -4.54. The Morgan fingerprint density at radius 2 is 1.83 bits per heavy atom. The number of anilines is 1. The van der Waals surface area contributed by atoms with Crippen molar-refractivity contribution in [3.63, 3.8) is 0 Å². The molecule has 36 heavy (non-hydrogen) atoms. The van der Waals surface area contributed by atoms with Crippen molar-refractivity contribution in [1.82, 2.24) is 9.97 Å². The number of pyridine rings is 1. The lowest BCUT2D eigenvalue weighted by Gasteiger charge is -2.13. The Balaban J connectivity index is 1.45. The van der Waals surface area contributed by atoms with Gasteiger partial charge in [-0.3, -0.25) is 4.79 Å². The smallest absolute Gasteiger partial charge is 0.234 e. The molecular formula is C29H22N4O2S. The fourth-order valence-electron chi connectivity index (χ4n) is 3.95. The second-order valence-corrected chi connectivity index (χ2v) is 9.02. The molecule has 0 aliphatic carbocycles. The fraction of sp³-hybridized carbons (Fsp3) is 0.0690. The van der Waals surface area contributed by atoms with Crippen molar-refractivity contribution in [3.8, 4) is 34.2 Å². The van der Waals surface area contributed by atoms with Crippen molar-refractivity contribution in [3.05, 3.63) is 96.7 Å². The number of fused-ring (bicyclic) bond motifs is 1. The van der Waals surface area contributed by atoms with Gasteiger partial charge < -0.3 is 15.0 Å². The van der Waals surface area contributed by atoms with Crippen LogP contribution in [0.15, 0.2) is 96.2 Å². The molecule has 0 saturated heterocycles. The number of aromatic nitrogens is 2. The molecule has 0 aliphatic rings. The average Bonchev–Trinajstić information content (AvgIpc) is 3.40. The zero-order valence-electron chi connectivity index (χ0n) is 19.5. The lowest BCUT2D eigenvalue weighted by atomic mass is 9.99. The summed E-state index contributed by atoms with van der Waals surface area (Å²) in [5, 5.41) is 14.6. The number of carbonyl (C=O) groups is 1. The number of ether oxygens (including phenoxy) is 1. The zero-order chi connectivity index (χ0) is 24.9. The SMILES string of the molecule is COc1ccc(-c2cc(-c3ccccc3)nc(SCC(=O)Nc3ccc4cc[nH]c4c3)c2C#N)cc1. The lowest BCUT2D eigenvalue weighted by Crippen LogP contribution is -2.14. The Kier molecular flexibility index (Phi) is 6.69. The van der Waals surface area contributed by atoms with Crippen LogP contribution in [-0.2, 0) is 4.79 Å². The van der Waals surface area contributed by atoms with Gasteiger partial charge in [0.2, 0.25) is 5.91 Å². The first kappa shape index (κ1) is 23.2. The number of nitrogens with one attached hydrogen (secondary N) is 2. The Morgan fingerprint density at radius 3 is 2.58 bits per heavy atom. The van der Waals surface area contributed by atoms with Gasteiger partial charge in [-0.05, 0) is 47.3 Å². The lowest BCUT2D eigenvalue weighted by molar-refractivity contribution is -0.113. The van der Waals surface area contributed by atoms with Gasteiger partial charge in [0.15, 0.2) is 0 Å². The molecule has 3 aromatic carbocycles. The molecular weight excluding hydrogens is 468 g/mol. The van der Waals surface area contributed by atoms with Gasteiger partial charge in [0.05, 0.1) is 24.1 Å². The zero-order valence-corrected chi connectivity index (χ0v) is 20.3. The van der Waals surface area contributed by atoms with E-state index in [0.29, 0.717) is 16.3 Å². The minimum absolute atomic E-state index is 0.116. The minimum Gasteiger partial charge on any atom is -0.497 e. The van der Waals surface area contributed by atoms with Crippen LogP contribution in [0, 0.1) is 11.3 Å². The van der Waals surface area contributed by atoms with Crippen LogP contribution in [0.2, 0.25) is 0 Å². The van der Waals surface area contributed by atoms with E-state index in [9.17, 15) is 10.1 Å². The van der Waals surface area contributed by atoms with Crippen LogP contribution in [0.4, 0.5) is 5.69 Å². The predicted octanol–water partition coefficient (Wildman–Crippen LogP) is 6.51. The molecule has 5 aromatic rings. The molecule has 176 valence electrons. The van der Waals surface area contributed by atoms with E-state index in [1.807, 2.05) is 91.1 Å². The average molecular weight is 491 g/mol. The highest BCUT2D eigenvalue weighted by molar-refractivity contribution is 8.00. The van der Waals surface area contributed by atoms with Gasteiger partial charge in [-0.15, -0.1) is 0 Å². The number of aromatic amines is 1. The Labute approximate surface area is 213 Å². The second-order valence-electron chi connectivity index (χ2n) is 8.06. The van der Waals surface area contributed by atoms with E-state index in [4.69, 9.17) is 9.72 Å². The maximum absolute atomic E-state index is 12.8. The van der Waals surface area contributed by atoms with Crippen LogP contribution in [0.5, 0.6) is 5.75 Å². The molecule has 1 amide bonds. The summed E-state index contributed by atoms with van der Waals surface area (Å²) in [6.45, 7) is 0. The number of nitrogens with zero attached hydrogens (tertiary/aromatic N) is 2. The number of nitriles is 1. The molecule has 6 nitrogen and oxygen atoms in total. The predicted molar refractivity (Wildman–Crippen MR) is 144 cm³/mol. The van der Waals surface area contributed by atoms with E-state index >= 15 is 0 Å². The first-order chi connectivity index (χ1) is 17.6.